The Labute approximate surface area is 195 Å². The number of carbonyl (C=O) groups is 1. The average molecular weight is 467 g/mol. The van der Waals surface area contributed by atoms with Gasteiger partial charge in [-0.2, -0.15) is 0 Å². The van der Waals surface area contributed by atoms with Gasteiger partial charge in [-0.25, -0.2) is 9.67 Å². The van der Waals surface area contributed by atoms with E-state index in [1.165, 1.54) is 11.3 Å². The highest BCUT2D eigenvalue weighted by Crippen LogP contribution is 2.34. The third-order valence-electron chi connectivity index (χ3n) is 5.65. The van der Waals surface area contributed by atoms with Gasteiger partial charge in [-0.3, -0.25) is 14.6 Å². The Morgan fingerprint density at radius 1 is 1.18 bits per heavy atom. The first kappa shape index (κ1) is 21.7. The van der Waals surface area contributed by atoms with Crippen molar-refractivity contribution in [3.63, 3.8) is 0 Å². The summed E-state index contributed by atoms with van der Waals surface area (Å²) in [5.74, 6) is 0.663. The van der Waals surface area contributed by atoms with Gasteiger partial charge in [0.2, 0.25) is 0 Å². The summed E-state index contributed by atoms with van der Waals surface area (Å²) in [4.78, 5) is 22.4. The molecule has 0 atom stereocenters. The summed E-state index contributed by atoms with van der Waals surface area (Å²) in [7, 11) is 0. The van der Waals surface area contributed by atoms with Crippen LogP contribution in [0.2, 0.25) is 0 Å². The highest BCUT2D eigenvalue weighted by molar-refractivity contribution is 7.22. The Morgan fingerprint density at radius 2 is 2.03 bits per heavy atom. The van der Waals surface area contributed by atoms with E-state index >= 15 is 0 Å². The third-order valence-corrected chi connectivity index (χ3v) is 6.69. The molecule has 1 aliphatic rings. The highest BCUT2D eigenvalue weighted by atomic mass is 32.1. The molecule has 0 N–H and O–H groups in total. The van der Waals surface area contributed by atoms with E-state index in [0.717, 1.165) is 59.8 Å². The zero-order chi connectivity index (χ0) is 22.6. The van der Waals surface area contributed by atoms with Gasteiger partial charge in [0.05, 0.1) is 30.0 Å². The van der Waals surface area contributed by atoms with Crippen molar-refractivity contribution in [2.45, 2.75) is 13.5 Å². The zero-order valence-corrected chi connectivity index (χ0v) is 19.3. The van der Waals surface area contributed by atoms with Crippen LogP contribution in [-0.4, -0.2) is 76.8 Å². The van der Waals surface area contributed by atoms with Gasteiger partial charge >= 0.3 is 0 Å². The van der Waals surface area contributed by atoms with E-state index in [0.29, 0.717) is 18.3 Å². The second-order valence-electron chi connectivity index (χ2n) is 7.77. The molecule has 172 valence electrons. The molecule has 1 saturated heterocycles. The van der Waals surface area contributed by atoms with Gasteiger partial charge in [0.25, 0.3) is 5.91 Å². The summed E-state index contributed by atoms with van der Waals surface area (Å²) < 4.78 is 13.9. The Bertz CT molecular complexity index is 1250. The van der Waals surface area contributed by atoms with E-state index in [2.05, 4.69) is 15.2 Å². The van der Waals surface area contributed by atoms with Gasteiger partial charge in [-0.1, -0.05) is 34.7 Å². The Hall–Kier alpha value is -3.08. The minimum atomic E-state index is -0.0732. The first-order valence-electron chi connectivity index (χ1n) is 11.1. The number of amides is 1. The van der Waals surface area contributed by atoms with Crippen molar-refractivity contribution in [3.8, 4) is 5.75 Å². The molecule has 10 heteroatoms. The number of aromatic nitrogens is 4. The predicted octanol–water partition coefficient (Wildman–Crippen LogP) is 2.81. The number of carbonyl (C=O) groups excluding carboxylic acids is 1. The van der Waals surface area contributed by atoms with E-state index in [-0.39, 0.29) is 12.5 Å². The molecule has 0 saturated carbocycles. The van der Waals surface area contributed by atoms with Crippen LogP contribution < -0.4 is 9.64 Å². The Kier molecular flexibility index (Phi) is 6.47. The maximum atomic E-state index is 13.5. The normalized spacial score (nSPS) is 14.7. The molecule has 2 aromatic carbocycles. The van der Waals surface area contributed by atoms with Crippen LogP contribution in [0.5, 0.6) is 5.75 Å². The first-order valence-corrected chi connectivity index (χ1v) is 12.0. The van der Waals surface area contributed by atoms with Crippen molar-refractivity contribution in [1.82, 2.24) is 24.9 Å². The smallest absolute Gasteiger partial charge is 0.250 e. The number of benzene rings is 2. The van der Waals surface area contributed by atoms with Gasteiger partial charge in [0.15, 0.2) is 5.13 Å². The molecule has 0 bridgehead atoms. The summed E-state index contributed by atoms with van der Waals surface area (Å²) in [5, 5.41) is 9.04. The lowest BCUT2D eigenvalue weighted by Crippen LogP contribution is -2.44. The van der Waals surface area contributed by atoms with E-state index in [1.54, 1.807) is 9.58 Å². The second kappa shape index (κ2) is 9.82. The molecule has 0 spiro atoms. The van der Waals surface area contributed by atoms with Crippen molar-refractivity contribution in [2.24, 2.45) is 0 Å². The van der Waals surface area contributed by atoms with E-state index in [9.17, 15) is 4.79 Å². The largest absolute Gasteiger partial charge is 0.492 e. The topological polar surface area (TPSA) is 85.6 Å². The van der Waals surface area contributed by atoms with Crippen molar-refractivity contribution in [1.29, 1.82) is 0 Å². The number of rotatable bonds is 8. The maximum absolute atomic E-state index is 13.5. The van der Waals surface area contributed by atoms with Crippen molar-refractivity contribution in [3.05, 3.63) is 42.5 Å². The summed E-state index contributed by atoms with van der Waals surface area (Å²) in [6.45, 7) is 7.07. The van der Waals surface area contributed by atoms with Crippen LogP contribution in [0.3, 0.4) is 0 Å². The fraction of sp³-hybridized carbons (Fsp3) is 0.391. The number of morpholine rings is 1. The van der Waals surface area contributed by atoms with Gasteiger partial charge in [0.1, 0.15) is 23.3 Å². The molecule has 9 nitrogen and oxygen atoms in total. The monoisotopic (exact) mass is 466 g/mol. The van der Waals surface area contributed by atoms with E-state index in [1.807, 2.05) is 49.4 Å². The number of para-hydroxylation sites is 2. The van der Waals surface area contributed by atoms with E-state index in [4.69, 9.17) is 14.5 Å². The third kappa shape index (κ3) is 4.68. The molecule has 3 heterocycles. The van der Waals surface area contributed by atoms with E-state index < -0.39 is 0 Å². The lowest BCUT2D eigenvalue weighted by atomic mass is 10.3. The summed E-state index contributed by atoms with van der Waals surface area (Å²) in [6.07, 6.45) is 0. The lowest BCUT2D eigenvalue weighted by molar-refractivity contribution is -0.119. The number of hydrogen-bond acceptors (Lipinski definition) is 8. The SMILES string of the molecule is CCOc1cccc2sc(N(CCN3CCOCC3)C(=O)Cn3nnc4ccccc43)nc12. The number of ether oxygens (including phenoxy) is 2. The highest BCUT2D eigenvalue weighted by Gasteiger charge is 2.23. The average Bonchev–Trinajstić information content (AvgIpc) is 3.45. The summed E-state index contributed by atoms with van der Waals surface area (Å²) in [6, 6.07) is 13.5. The molecule has 4 aromatic rings. The lowest BCUT2D eigenvalue weighted by Gasteiger charge is -2.29. The summed E-state index contributed by atoms with van der Waals surface area (Å²) in [5.41, 5.74) is 2.39. The number of fused-ring (bicyclic) bond motifs is 2. The van der Waals surface area contributed by atoms with Crippen molar-refractivity contribution < 1.29 is 14.3 Å². The van der Waals surface area contributed by atoms with Gasteiger partial charge in [-0.15, -0.1) is 5.10 Å². The molecule has 0 unspecified atom stereocenters. The fourth-order valence-corrected chi connectivity index (χ4v) is 4.97. The first-order chi connectivity index (χ1) is 16.2. The molecule has 0 radical (unpaired) electrons. The fourth-order valence-electron chi connectivity index (χ4n) is 3.94. The summed E-state index contributed by atoms with van der Waals surface area (Å²) >= 11 is 1.50. The van der Waals surface area contributed by atoms with Gasteiger partial charge in [-0.05, 0) is 31.2 Å². The van der Waals surface area contributed by atoms with Crippen LogP contribution in [0, 0.1) is 0 Å². The molecule has 1 aliphatic heterocycles. The van der Waals surface area contributed by atoms with Gasteiger partial charge < -0.3 is 9.47 Å². The molecule has 5 rings (SSSR count). The second-order valence-corrected chi connectivity index (χ2v) is 8.78. The molecular weight excluding hydrogens is 440 g/mol. The molecule has 1 fully saturated rings. The minimum Gasteiger partial charge on any atom is -0.492 e. The molecule has 33 heavy (non-hydrogen) atoms. The number of hydrogen-bond donors (Lipinski definition) is 0. The molecular formula is C23H26N6O3S. The van der Waals surface area contributed by atoms with Crippen LogP contribution in [0.15, 0.2) is 42.5 Å². The van der Waals surface area contributed by atoms with Crippen LogP contribution in [0.1, 0.15) is 6.92 Å². The van der Waals surface area contributed by atoms with Crippen LogP contribution in [0.25, 0.3) is 21.3 Å². The maximum Gasteiger partial charge on any atom is 0.250 e. The molecule has 1 amide bonds. The van der Waals surface area contributed by atoms with Gasteiger partial charge in [0, 0.05) is 26.2 Å². The van der Waals surface area contributed by atoms with Crippen LogP contribution >= 0.6 is 11.3 Å². The quantitative estimate of drug-likeness (QED) is 0.395. The standard InChI is InChI=1S/C23H26N6O3S/c1-2-32-19-8-5-9-20-22(19)24-23(33-20)28(11-10-27-12-14-31-15-13-27)21(30)16-29-18-7-4-3-6-17(18)25-26-29/h3-9H,2,10-16H2,1H3. The van der Waals surface area contributed by atoms with Crippen molar-refractivity contribution >= 4 is 43.6 Å². The Balaban J connectivity index is 1.44. The van der Waals surface area contributed by atoms with Crippen molar-refractivity contribution in [2.75, 3.05) is 50.9 Å². The molecule has 2 aromatic heterocycles. The Morgan fingerprint density at radius 3 is 2.88 bits per heavy atom. The predicted molar refractivity (Wildman–Crippen MR) is 128 cm³/mol. The molecule has 0 aliphatic carbocycles. The zero-order valence-electron chi connectivity index (χ0n) is 18.5. The number of nitrogens with zero attached hydrogens (tertiary/aromatic N) is 6. The number of thiazole rings is 1. The minimum absolute atomic E-state index is 0.0732. The van der Waals surface area contributed by atoms with Crippen LogP contribution in [-0.2, 0) is 16.1 Å². The number of anilines is 1. The van der Waals surface area contributed by atoms with Crippen LogP contribution in [0.4, 0.5) is 5.13 Å².